The number of rotatable bonds is 2. The fraction of sp³-hybridized carbons (Fsp3) is 0.385. The molecule has 0 spiro atoms. The molecule has 1 atom stereocenters. The smallest absolute Gasteiger partial charge is 0.342 e. The molecule has 1 unspecified atom stereocenters. The van der Waals surface area contributed by atoms with Crippen LogP contribution < -0.4 is 4.74 Å². The van der Waals surface area contributed by atoms with Crippen LogP contribution in [0.4, 0.5) is 0 Å². The van der Waals surface area contributed by atoms with E-state index in [2.05, 4.69) is 4.74 Å². The van der Waals surface area contributed by atoms with Gasteiger partial charge in [-0.25, -0.2) is 9.59 Å². The Kier molecular flexibility index (Phi) is 3.23. The van der Waals surface area contributed by atoms with Crippen molar-refractivity contribution in [3.05, 3.63) is 28.8 Å². The van der Waals surface area contributed by atoms with Crippen LogP contribution in [-0.4, -0.2) is 32.3 Å². The van der Waals surface area contributed by atoms with Gasteiger partial charge in [-0.15, -0.1) is 0 Å². The van der Waals surface area contributed by atoms with Crippen molar-refractivity contribution in [1.29, 1.82) is 0 Å². The van der Waals surface area contributed by atoms with Crippen LogP contribution in [0.25, 0.3) is 0 Å². The maximum Gasteiger partial charge on any atom is 0.342 e. The number of methoxy groups -OCH3 is 2. The first kappa shape index (κ1) is 12.4. The molecule has 5 heteroatoms. The van der Waals surface area contributed by atoms with Crippen molar-refractivity contribution < 1.29 is 23.8 Å². The van der Waals surface area contributed by atoms with Crippen molar-refractivity contribution >= 4 is 11.9 Å². The predicted octanol–water partition coefficient (Wildman–Crippen LogP) is 1.58. The summed E-state index contributed by atoms with van der Waals surface area (Å²) in [6.45, 7) is 1.82. The highest BCUT2D eigenvalue weighted by atomic mass is 16.5. The molecular formula is C13H14O5. The number of esters is 2. The monoisotopic (exact) mass is 250 g/mol. The summed E-state index contributed by atoms with van der Waals surface area (Å²) in [5.41, 5.74) is 1.37. The van der Waals surface area contributed by atoms with E-state index in [0.717, 1.165) is 5.56 Å². The number of ether oxygens (including phenoxy) is 3. The van der Waals surface area contributed by atoms with E-state index in [1.165, 1.54) is 14.2 Å². The third kappa shape index (κ3) is 1.92. The van der Waals surface area contributed by atoms with Crippen LogP contribution in [0.15, 0.2) is 12.1 Å². The van der Waals surface area contributed by atoms with E-state index in [1.54, 1.807) is 12.1 Å². The number of fused-ring (bicyclic) bond motifs is 1. The summed E-state index contributed by atoms with van der Waals surface area (Å²) in [5, 5.41) is 0. The molecule has 0 aromatic heterocycles. The molecule has 2 rings (SSSR count). The Labute approximate surface area is 105 Å². The zero-order chi connectivity index (χ0) is 13.3. The lowest BCUT2D eigenvalue weighted by Gasteiger charge is -2.24. The van der Waals surface area contributed by atoms with E-state index >= 15 is 0 Å². The molecule has 1 heterocycles. The molecule has 0 saturated carbocycles. The maximum atomic E-state index is 11.9. The Hall–Kier alpha value is -2.04. The summed E-state index contributed by atoms with van der Waals surface area (Å²) < 4.78 is 15.0. The molecule has 0 N–H and O–H groups in total. The summed E-state index contributed by atoms with van der Waals surface area (Å²) in [6.07, 6.45) is 0.442. The van der Waals surface area contributed by atoms with Crippen LogP contribution in [0.2, 0.25) is 0 Å². The number of carbonyl (C=O) groups excluding carboxylic acids is 2. The molecule has 0 aliphatic carbocycles. The largest absolute Gasteiger partial charge is 0.495 e. The molecule has 0 saturated heterocycles. The standard InChI is InChI=1S/C13H14O5/c1-7-6-8-4-5-9(12(14)17-3)11(16-2)10(8)13(15)18-7/h4-5,7H,6H2,1-3H3. The van der Waals surface area contributed by atoms with Gasteiger partial charge in [0.2, 0.25) is 0 Å². The highest BCUT2D eigenvalue weighted by Gasteiger charge is 2.30. The van der Waals surface area contributed by atoms with E-state index in [0.29, 0.717) is 12.0 Å². The van der Waals surface area contributed by atoms with Crippen molar-refractivity contribution in [2.75, 3.05) is 14.2 Å². The van der Waals surface area contributed by atoms with Crippen molar-refractivity contribution in [1.82, 2.24) is 0 Å². The SMILES string of the molecule is COC(=O)c1ccc2c(c1OC)C(=O)OC(C)C2. The molecule has 0 amide bonds. The lowest BCUT2D eigenvalue weighted by Crippen LogP contribution is -2.26. The molecule has 1 aliphatic heterocycles. The molecule has 96 valence electrons. The minimum Gasteiger partial charge on any atom is -0.495 e. The van der Waals surface area contributed by atoms with Gasteiger partial charge in [-0.1, -0.05) is 6.07 Å². The topological polar surface area (TPSA) is 61.8 Å². The summed E-state index contributed by atoms with van der Waals surface area (Å²) in [4.78, 5) is 23.5. The maximum absolute atomic E-state index is 11.9. The van der Waals surface area contributed by atoms with Gasteiger partial charge in [0, 0.05) is 6.42 Å². The zero-order valence-corrected chi connectivity index (χ0v) is 10.5. The van der Waals surface area contributed by atoms with Crippen LogP contribution in [0.5, 0.6) is 5.75 Å². The van der Waals surface area contributed by atoms with E-state index in [-0.39, 0.29) is 17.4 Å². The highest BCUT2D eigenvalue weighted by Crippen LogP contribution is 2.32. The number of benzene rings is 1. The molecule has 0 bridgehead atoms. The summed E-state index contributed by atoms with van der Waals surface area (Å²) >= 11 is 0. The summed E-state index contributed by atoms with van der Waals surface area (Å²) in [7, 11) is 2.69. The second kappa shape index (κ2) is 4.68. The second-order valence-corrected chi connectivity index (χ2v) is 4.09. The van der Waals surface area contributed by atoms with E-state index in [1.807, 2.05) is 6.92 Å². The van der Waals surface area contributed by atoms with E-state index in [9.17, 15) is 9.59 Å². The van der Waals surface area contributed by atoms with Crippen molar-refractivity contribution in [3.8, 4) is 5.75 Å². The fourth-order valence-corrected chi connectivity index (χ4v) is 2.09. The third-order valence-corrected chi connectivity index (χ3v) is 2.87. The van der Waals surface area contributed by atoms with Crippen LogP contribution in [0.1, 0.15) is 33.2 Å². The van der Waals surface area contributed by atoms with Crippen molar-refractivity contribution in [2.24, 2.45) is 0 Å². The van der Waals surface area contributed by atoms with Gasteiger partial charge in [0.1, 0.15) is 23.0 Å². The Morgan fingerprint density at radius 3 is 2.72 bits per heavy atom. The molecule has 1 aromatic rings. The number of cyclic esters (lactones) is 1. The zero-order valence-electron chi connectivity index (χ0n) is 10.5. The molecule has 18 heavy (non-hydrogen) atoms. The average Bonchev–Trinajstić information content (AvgIpc) is 2.36. The van der Waals surface area contributed by atoms with Crippen molar-refractivity contribution in [3.63, 3.8) is 0 Å². The van der Waals surface area contributed by atoms with Crippen molar-refractivity contribution in [2.45, 2.75) is 19.4 Å². The van der Waals surface area contributed by atoms with Crippen LogP contribution in [-0.2, 0) is 15.9 Å². The Morgan fingerprint density at radius 1 is 1.39 bits per heavy atom. The van der Waals surface area contributed by atoms with Gasteiger partial charge >= 0.3 is 11.9 Å². The highest BCUT2D eigenvalue weighted by molar-refractivity contribution is 6.01. The lowest BCUT2D eigenvalue weighted by atomic mass is 9.95. The molecule has 1 aliphatic rings. The van der Waals surface area contributed by atoms with Gasteiger partial charge in [-0.2, -0.15) is 0 Å². The number of hydrogen-bond acceptors (Lipinski definition) is 5. The summed E-state index contributed by atoms with van der Waals surface area (Å²) in [6, 6.07) is 3.34. The first-order valence-corrected chi connectivity index (χ1v) is 5.57. The van der Waals surface area contributed by atoms with E-state index < -0.39 is 11.9 Å². The molecule has 1 aromatic carbocycles. The second-order valence-electron chi connectivity index (χ2n) is 4.09. The third-order valence-electron chi connectivity index (χ3n) is 2.87. The van der Waals surface area contributed by atoms with Crippen LogP contribution in [0.3, 0.4) is 0 Å². The Morgan fingerprint density at radius 2 is 2.11 bits per heavy atom. The Balaban J connectivity index is 2.60. The lowest BCUT2D eigenvalue weighted by molar-refractivity contribution is 0.0296. The first-order valence-electron chi connectivity index (χ1n) is 5.57. The van der Waals surface area contributed by atoms with Gasteiger partial charge in [-0.3, -0.25) is 0 Å². The van der Waals surface area contributed by atoms with Gasteiger partial charge < -0.3 is 14.2 Å². The average molecular weight is 250 g/mol. The number of carbonyl (C=O) groups is 2. The minimum atomic E-state index is -0.541. The first-order chi connectivity index (χ1) is 8.58. The Bertz CT molecular complexity index is 506. The molecule has 0 radical (unpaired) electrons. The minimum absolute atomic E-state index is 0.168. The predicted molar refractivity (Wildman–Crippen MR) is 62.9 cm³/mol. The van der Waals surface area contributed by atoms with Gasteiger partial charge in [0.15, 0.2) is 0 Å². The normalized spacial score (nSPS) is 17.7. The summed E-state index contributed by atoms with van der Waals surface area (Å²) in [5.74, 6) is -0.788. The van der Waals surface area contributed by atoms with Crippen LogP contribution in [0, 0.1) is 0 Å². The number of hydrogen-bond donors (Lipinski definition) is 0. The van der Waals surface area contributed by atoms with Gasteiger partial charge in [0.25, 0.3) is 0 Å². The molecule has 5 nitrogen and oxygen atoms in total. The van der Waals surface area contributed by atoms with Gasteiger partial charge in [0.05, 0.1) is 14.2 Å². The molecular weight excluding hydrogens is 236 g/mol. The van der Waals surface area contributed by atoms with Gasteiger partial charge in [-0.05, 0) is 18.6 Å². The fourth-order valence-electron chi connectivity index (χ4n) is 2.09. The van der Waals surface area contributed by atoms with Crippen LogP contribution >= 0.6 is 0 Å². The quantitative estimate of drug-likeness (QED) is 0.746. The molecule has 0 fully saturated rings. The van der Waals surface area contributed by atoms with E-state index in [4.69, 9.17) is 9.47 Å².